The second-order valence-electron chi connectivity index (χ2n) is 6.96. The summed E-state index contributed by atoms with van der Waals surface area (Å²) in [7, 11) is -3.87. The van der Waals surface area contributed by atoms with E-state index in [0.29, 0.717) is 24.3 Å². The van der Waals surface area contributed by atoms with Crippen LogP contribution in [0.15, 0.2) is 71.6 Å². The third-order valence-corrected chi connectivity index (χ3v) is 7.08. The second-order valence-corrected chi connectivity index (χ2v) is 9.23. The summed E-state index contributed by atoms with van der Waals surface area (Å²) in [5.74, 6) is -0.569. The van der Waals surface area contributed by atoms with Gasteiger partial charge in [-0.05, 0) is 54.8 Å². The number of aromatic hydroxyl groups is 1. The minimum absolute atomic E-state index is 0.000936. The SMILES string of the molecule is O=C(Nc1cccc(O)c1)c1cc(S(=O)(=O)N2CCCc3ccccc32)ccc1Cl. The maximum Gasteiger partial charge on any atom is 0.264 e. The predicted octanol–water partition coefficient (Wildman–Crippen LogP) is 4.44. The molecule has 0 atom stereocenters. The minimum Gasteiger partial charge on any atom is -0.508 e. The molecule has 4 rings (SSSR count). The first kappa shape index (κ1) is 20.3. The van der Waals surface area contributed by atoms with Crippen LogP contribution < -0.4 is 9.62 Å². The molecular formula is C22H19ClN2O4S. The first-order chi connectivity index (χ1) is 14.4. The van der Waals surface area contributed by atoms with E-state index in [-0.39, 0.29) is 21.2 Å². The number of anilines is 2. The molecule has 0 aromatic heterocycles. The van der Waals surface area contributed by atoms with Crippen molar-refractivity contribution in [3.8, 4) is 5.75 Å². The molecule has 30 heavy (non-hydrogen) atoms. The van der Waals surface area contributed by atoms with E-state index in [0.717, 1.165) is 12.0 Å². The van der Waals surface area contributed by atoms with Gasteiger partial charge in [0.1, 0.15) is 5.75 Å². The van der Waals surface area contributed by atoms with Gasteiger partial charge in [-0.3, -0.25) is 9.10 Å². The largest absolute Gasteiger partial charge is 0.508 e. The Morgan fingerprint density at radius 3 is 2.63 bits per heavy atom. The van der Waals surface area contributed by atoms with E-state index in [1.165, 1.54) is 34.6 Å². The number of halogens is 1. The molecule has 1 aliphatic rings. The lowest BCUT2D eigenvalue weighted by molar-refractivity contribution is 0.102. The van der Waals surface area contributed by atoms with Gasteiger partial charge in [-0.25, -0.2) is 8.42 Å². The van der Waals surface area contributed by atoms with Crippen LogP contribution in [0.25, 0.3) is 0 Å². The number of sulfonamides is 1. The number of hydrogen-bond donors (Lipinski definition) is 2. The second kappa shape index (κ2) is 8.01. The molecule has 0 unspecified atom stereocenters. The van der Waals surface area contributed by atoms with Crippen LogP contribution in [0, 0.1) is 0 Å². The molecule has 0 aliphatic carbocycles. The van der Waals surface area contributed by atoms with E-state index < -0.39 is 15.9 Å². The summed E-state index contributed by atoms with van der Waals surface area (Å²) in [6.45, 7) is 0.368. The molecule has 8 heteroatoms. The quantitative estimate of drug-likeness (QED) is 0.625. The van der Waals surface area contributed by atoms with E-state index in [1.54, 1.807) is 18.2 Å². The van der Waals surface area contributed by atoms with Gasteiger partial charge in [-0.2, -0.15) is 0 Å². The molecule has 3 aromatic rings. The highest BCUT2D eigenvalue weighted by Crippen LogP contribution is 2.33. The van der Waals surface area contributed by atoms with Crippen molar-refractivity contribution < 1.29 is 18.3 Å². The molecule has 2 N–H and O–H groups in total. The zero-order chi connectivity index (χ0) is 21.3. The Bertz CT molecular complexity index is 1230. The summed E-state index contributed by atoms with van der Waals surface area (Å²) in [6, 6.07) is 17.6. The summed E-state index contributed by atoms with van der Waals surface area (Å²) in [5.41, 5.74) is 2.04. The normalized spacial score (nSPS) is 13.6. The zero-order valence-corrected chi connectivity index (χ0v) is 17.4. The van der Waals surface area contributed by atoms with Crippen molar-refractivity contribution >= 4 is 38.9 Å². The highest BCUT2D eigenvalue weighted by molar-refractivity contribution is 7.92. The molecule has 1 aliphatic heterocycles. The van der Waals surface area contributed by atoms with Crippen LogP contribution in [0.4, 0.5) is 11.4 Å². The minimum atomic E-state index is -3.87. The van der Waals surface area contributed by atoms with Crippen molar-refractivity contribution in [2.75, 3.05) is 16.2 Å². The maximum absolute atomic E-state index is 13.4. The number of phenols is 1. The van der Waals surface area contributed by atoms with E-state index in [4.69, 9.17) is 11.6 Å². The summed E-state index contributed by atoms with van der Waals surface area (Å²) < 4.78 is 28.1. The third kappa shape index (κ3) is 3.86. The van der Waals surface area contributed by atoms with Crippen LogP contribution in [0.3, 0.4) is 0 Å². The average molecular weight is 443 g/mol. The number of benzene rings is 3. The average Bonchev–Trinajstić information content (AvgIpc) is 2.73. The number of nitrogens with zero attached hydrogens (tertiary/aromatic N) is 1. The number of rotatable bonds is 4. The highest BCUT2D eigenvalue weighted by Gasteiger charge is 2.30. The standard InChI is InChI=1S/C22H19ClN2O4S/c23-20-11-10-18(14-19(20)22(27)24-16-7-3-8-17(26)13-16)30(28,29)25-12-4-6-15-5-1-2-9-21(15)25/h1-3,5,7-11,13-14,26H,4,6,12H2,(H,24,27). The number of para-hydroxylation sites is 1. The molecule has 154 valence electrons. The molecule has 0 saturated heterocycles. The van der Waals surface area contributed by atoms with Crippen LogP contribution >= 0.6 is 11.6 Å². The number of carbonyl (C=O) groups excluding carboxylic acids is 1. The smallest absolute Gasteiger partial charge is 0.264 e. The zero-order valence-electron chi connectivity index (χ0n) is 15.9. The molecule has 0 spiro atoms. The monoisotopic (exact) mass is 442 g/mol. The molecule has 1 amide bonds. The summed E-state index contributed by atoms with van der Waals surface area (Å²) in [6.07, 6.45) is 1.54. The van der Waals surface area contributed by atoms with Gasteiger partial charge in [0, 0.05) is 18.3 Å². The van der Waals surface area contributed by atoms with Crippen LogP contribution in [0.1, 0.15) is 22.3 Å². The number of amides is 1. The van der Waals surface area contributed by atoms with Gasteiger partial charge >= 0.3 is 0 Å². The molecule has 6 nitrogen and oxygen atoms in total. The number of phenolic OH excluding ortho intramolecular Hbond substituents is 1. The molecule has 1 heterocycles. The van der Waals surface area contributed by atoms with Crippen molar-refractivity contribution in [3.05, 3.63) is 82.9 Å². The van der Waals surface area contributed by atoms with Gasteiger partial charge in [0.05, 0.1) is 21.2 Å². The Hall–Kier alpha value is -3.03. The van der Waals surface area contributed by atoms with Crippen molar-refractivity contribution in [3.63, 3.8) is 0 Å². The van der Waals surface area contributed by atoms with Gasteiger partial charge in [0.15, 0.2) is 0 Å². The van der Waals surface area contributed by atoms with E-state index >= 15 is 0 Å². The fraction of sp³-hybridized carbons (Fsp3) is 0.136. The number of fused-ring (bicyclic) bond motifs is 1. The Labute approximate surface area is 179 Å². The molecule has 0 bridgehead atoms. The summed E-state index contributed by atoms with van der Waals surface area (Å²) in [4.78, 5) is 12.7. The van der Waals surface area contributed by atoms with Crippen molar-refractivity contribution in [2.45, 2.75) is 17.7 Å². The molecule has 0 fully saturated rings. The fourth-order valence-corrected chi connectivity index (χ4v) is 5.27. The Kier molecular flexibility index (Phi) is 5.40. The lowest BCUT2D eigenvalue weighted by atomic mass is 10.0. The number of hydrogen-bond acceptors (Lipinski definition) is 4. The van der Waals surface area contributed by atoms with E-state index in [9.17, 15) is 18.3 Å². The maximum atomic E-state index is 13.4. The third-order valence-electron chi connectivity index (χ3n) is 4.94. The number of aryl methyl sites for hydroxylation is 1. The van der Waals surface area contributed by atoms with Crippen molar-refractivity contribution in [1.29, 1.82) is 0 Å². The Morgan fingerprint density at radius 1 is 1.03 bits per heavy atom. The molecule has 0 saturated carbocycles. The molecule has 0 radical (unpaired) electrons. The van der Waals surface area contributed by atoms with Gasteiger partial charge in [0.2, 0.25) is 0 Å². The van der Waals surface area contributed by atoms with E-state index in [2.05, 4.69) is 5.32 Å². The Morgan fingerprint density at radius 2 is 1.83 bits per heavy atom. The first-order valence-corrected chi connectivity index (χ1v) is 11.2. The number of carbonyl (C=O) groups is 1. The fourth-order valence-electron chi connectivity index (χ4n) is 3.50. The van der Waals surface area contributed by atoms with Crippen molar-refractivity contribution in [2.24, 2.45) is 0 Å². The van der Waals surface area contributed by atoms with Crippen LogP contribution in [-0.4, -0.2) is 26.0 Å². The number of nitrogens with one attached hydrogen (secondary N) is 1. The Balaban J connectivity index is 1.68. The summed E-state index contributed by atoms with van der Waals surface area (Å²) in [5, 5.41) is 12.3. The van der Waals surface area contributed by atoms with Gasteiger partial charge in [-0.1, -0.05) is 35.9 Å². The molecule has 3 aromatic carbocycles. The van der Waals surface area contributed by atoms with Crippen LogP contribution in [0.5, 0.6) is 5.75 Å². The van der Waals surface area contributed by atoms with E-state index in [1.807, 2.05) is 18.2 Å². The first-order valence-electron chi connectivity index (χ1n) is 9.37. The van der Waals surface area contributed by atoms with Crippen LogP contribution in [-0.2, 0) is 16.4 Å². The lowest BCUT2D eigenvalue weighted by Gasteiger charge is -2.30. The molecular weight excluding hydrogens is 424 g/mol. The van der Waals surface area contributed by atoms with Gasteiger partial charge < -0.3 is 10.4 Å². The lowest BCUT2D eigenvalue weighted by Crippen LogP contribution is -2.35. The predicted molar refractivity (Wildman–Crippen MR) is 117 cm³/mol. The van der Waals surface area contributed by atoms with Gasteiger partial charge in [-0.15, -0.1) is 0 Å². The van der Waals surface area contributed by atoms with Gasteiger partial charge in [0.25, 0.3) is 15.9 Å². The highest BCUT2D eigenvalue weighted by atomic mass is 35.5. The topological polar surface area (TPSA) is 86.7 Å². The van der Waals surface area contributed by atoms with Crippen molar-refractivity contribution in [1.82, 2.24) is 0 Å². The van der Waals surface area contributed by atoms with Crippen LogP contribution in [0.2, 0.25) is 5.02 Å². The summed E-state index contributed by atoms with van der Waals surface area (Å²) >= 11 is 6.19.